The molecule has 0 bridgehead atoms. The van der Waals surface area contributed by atoms with E-state index in [4.69, 9.17) is 4.52 Å². The van der Waals surface area contributed by atoms with Gasteiger partial charge in [-0.25, -0.2) is 4.98 Å². The number of nitrogens with zero attached hydrogens (tertiary/aromatic N) is 2. The van der Waals surface area contributed by atoms with Gasteiger partial charge in [0.25, 0.3) is 5.91 Å². The van der Waals surface area contributed by atoms with Crippen LogP contribution in [0.5, 0.6) is 0 Å². The van der Waals surface area contributed by atoms with Gasteiger partial charge in [0.2, 0.25) is 5.76 Å². The topological polar surface area (TPSA) is 68.0 Å². The van der Waals surface area contributed by atoms with E-state index in [2.05, 4.69) is 27.6 Å². The third-order valence-electron chi connectivity index (χ3n) is 3.27. The standard InChI is InChI=1S/C15H11N3O2S2/c1-8-6-10(20-18-8)14(19)17-15-16-13-9-4-2-3-5-11(9)21-7-12(13)22-15/h2-6H,7H2,1H3,(H,16,17,19). The highest BCUT2D eigenvalue weighted by Crippen LogP contribution is 2.44. The van der Waals surface area contributed by atoms with Crippen molar-refractivity contribution in [2.45, 2.75) is 17.6 Å². The van der Waals surface area contributed by atoms with E-state index < -0.39 is 0 Å². The summed E-state index contributed by atoms with van der Waals surface area (Å²) in [7, 11) is 0. The first kappa shape index (κ1) is 13.5. The maximum atomic E-state index is 12.1. The lowest BCUT2D eigenvalue weighted by atomic mass is 10.1. The van der Waals surface area contributed by atoms with Crippen molar-refractivity contribution in [1.29, 1.82) is 0 Å². The van der Waals surface area contributed by atoms with Crippen LogP contribution in [0.2, 0.25) is 0 Å². The number of hydrogen-bond donors (Lipinski definition) is 1. The SMILES string of the molecule is Cc1cc(C(=O)Nc2nc3c(s2)CSc2ccccc2-3)on1. The lowest BCUT2D eigenvalue weighted by Crippen LogP contribution is -2.10. The van der Waals surface area contributed by atoms with E-state index in [9.17, 15) is 4.79 Å². The molecule has 1 aliphatic rings. The number of hydrogen-bond acceptors (Lipinski definition) is 6. The summed E-state index contributed by atoms with van der Waals surface area (Å²) in [5, 5.41) is 7.09. The predicted molar refractivity (Wildman–Crippen MR) is 86.3 cm³/mol. The highest BCUT2D eigenvalue weighted by molar-refractivity contribution is 7.98. The van der Waals surface area contributed by atoms with Crippen molar-refractivity contribution < 1.29 is 9.32 Å². The Labute approximate surface area is 134 Å². The molecule has 0 unspecified atom stereocenters. The number of aromatic nitrogens is 2. The van der Waals surface area contributed by atoms with Crippen LogP contribution < -0.4 is 5.32 Å². The number of thiazole rings is 1. The van der Waals surface area contributed by atoms with E-state index in [1.54, 1.807) is 24.8 Å². The summed E-state index contributed by atoms with van der Waals surface area (Å²) in [6.45, 7) is 1.77. The minimum Gasteiger partial charge on any atom is -0.351 e. The summed E-state index contributed by atoms with van der Waals surface area (Å²) in [4.78, 5) is 19.1. The summed E-state index contributed by atoms with van der Waals surface area (Å²) >= 11 is 3.30. The van der Waals surface area contributed by atoms with Gasteiger partial charge in [-0.1, -0.05) is 23.4 Å². The monoisotopic (exact) mass is 329 g/mol. The summed E-state index contributed by atoms with van der Waals surface area (Å²) < 4.78 is 4.97. The minimum atomic E-state index is -0.326. The smallest absolute Gasteiger partial charge is 0.296 e. The van der Waals surface area contributed by atoms with Crippen LogP contribution in [0.4, 0.5) is 5.13 Å². The number of aryl methyl sites for hydroxylation is 1. The van der Waals surface area contributed by atoms with Crippen molar-refractivity contribution in [2.24, 2.45) is 0 Å². The fourth-order valence-corrected chi connectivity index (χ4v) is 4.37. The average Bonchev–Trinajstić information content (AvgIpc) is 3.13. The normalized spacial score (nSPS) is 12.6. The van der Waals surface area contributed by atoms with Crippen molar-refractivity contribution in [3.05, 3.63) is 46.7 Å². The molecule has 1 aliphatic heterocycles. The van der Waals surface area contributed by atoms with Gasteiger partial charge in [0.1, 0.15) is 0 Å². The van der Waals surface area contributed by atoms with Crippen molar-refractivity contribution in [3.8, 4) is 11.3 Å². The van der Waals surface area contributed by atoms with Crippen LogP contribution in [0.25, 0.3) is 11.3 Å². The average molecular weight is 329 g/mol. The molecular formula is C15H11N3O2S2. The second kappa shape index (κ2) is 5.26. The fraction of sp³-hybridized carbons (Fsp3) is 0.133. The van der Waals surface area contributed by atoms with Crippen molar-refractivity contribution in [2.75, 3.05) is 5.32 Å². The van der Waals surface area contributed by atoms with Crippen LogP contribution >= 0.6 is 23.1 Å². The van der Waals surface area contributed by atoms with Gasteiger partial charge in [0.05, 0.1) is 11.4 Å². The first-order valence-electron chi connectivity index (χ1n) is 6.67. The van der Waals surface area contributed by atoms with Gasteiger partial charge in [-0.15, -0.1) is 23.1 Å². The maximum absolute atomic E-state index is 12.1. The summed E-state index contributed by atoms with van der Waals surface area (Å²) in [5.41, 5.74) is 2.76. The molecular weight excluding hydrogens is 318 g/mol. The molecule has 1 N–H and O–H groups in total. The summed E-state index contributed by atoms with van der Waals surface area (Å²) in [5.74, 6) is 0.745. The Balaban J connectivity index is 1.64. The molecule has 7 heteroatoms. The summed E-state index contributed by atoms with van der Waals surface area (Å²) in [6, 6.07) is 9.79. The molecule has 0 aliphatic carbocycles. The van der Waals surface area contributed by atoms with Crippen molar-refractivity contribution >= 4 is 34.1 Å². The molecule has 0 fully saturated rings. The predicted octanol–water partition coefficient (Wildman–Crippen LogP) is 3.96. The molecule has 0 spiro atoms. The fourth-order valence-electron chi connectivity index (χ4n) is 2.27. The Bertz CT molecular complexity index is 869. The number of thioether (sulfide) groups is 1. The number of nitrogens with one attached hydrogen (secondary N) is 1. The molecule has 22 heavy (non-hydrogen) atoms. The van der Waals surface area contributed by atoms with Gasteiger partial charge in [-0.05, 0) is 13.0 Å². The van der Waals surface area contributed by atoms with E-state index in [1.807, 2.05) is 12.1 Å². The van der Waals surface area contributed by atoms with Gasteiger partial charge in [-0.3, -0.25) is 10.1 Å². The van der Waals surface area contributed by atoms with Crippen LogP contribution in [0.1, 0.15) is 21.1 Å². The Hall–Kier alpha value is -2.12. The number of carbonyl (C=O) groups excluding carboxylic acids is 1. The Morgan fingerprint density at radius 3 is 3.05 bits per heavy atom. The molecule has 4 rings (SSSR count). The zero-order chi connectivity index (χ0) is 15.1. The number of carbonyl (C=O) groups is 1. The van der Waals surface area contributed by atoms with Crippen molar-refractivity contribution in [1.82, 2.24) is 10.1 Å². The van der Waals surface area contributed by atoms with Crippen LogP contribution in [0.3, 0.4) is 0 Å². The van der Waals surface area contributed by atoms with Crippen LogP contribution in [-0.2, 0) is 5.75 Å². The number of anilines is 1. The second-order valence-electron chi connectivity index (χ2n) is 4.86. The molecule has 0 radical (unpaired) electrons. The molecule has 0 atom stereocenters. The second-order valence-corrected chi connectivity index (χ2v) is 6.96. The lowest BCUT2D eigenvalue weighted by molar-refractivity contribution is 0.0988. The highest BCUT2D eigenvalue weighted by Gasteiger charge is 2.22. The van der Waals surface area contributed by atoms with Crippen LogP contribution in [-0.4, -0.2) is 16.0 Å². The molecule has 3 aromatic rings. The zero-order valence-corrected chi connectivity index (χ0v) is 13.3. The Morgan fingerprint density at radius 1 is 1.36 bits per heavy atom. The quantitative estimate of drug-likeness (QED) is 0.770. The first-order chi connectivity index (χ1) is 10.7. The maximum Gasteiger partial charge on any atom is 0.296 e. The van der Waals surface area contributed by atoms with Gasteiger partial charge in [0, 0.05) is 27.2 Å². The van der Waals surface area contributed by atoms with Gasteiger partial charge in [-0.2, -0.15) is 0 Å². The van der Waals surface area contributed by atoms with Gasteiger partial charge < -0.3 is 4.52 Å². The van der Waals surface area contributed by atoms with E-state index >= 15 is 0 Å². The van der Waals surface area contributed by atoms with Crippen LogP contribution in [0, 0.1) is 6.92 Å². The number of benzene rings is 1. The highest BCUT2D eigenvalue weighted by atomic mass is 32.2. The molecule has 1 aromatic carbocycles. The van der Waals surface area contributed by atoms with E-state index in [0.717, 1.165) is 17.0 Å². The Morgan fingerprint density at radius 2 is 2.23 bits per heavy atom. The van der Waals surface area contributed by atoms with Gasteiger partial charge >= 0.3 is 0 Å². The molecule has 1 amide bonds. The third-order valence-corrected chi connectivity index (χ3v) is 5.52. The number of rotatable bonds is 2. The first-order valence-corrected chi connectivity index (χ1v) is 8.47. The lowest BCUT2D eigenvalue weighted by Gasteiger charge is -2.13. The summed E-state index contributed by atoms with van der Waals surface area (Å²) in [6.07, 6.45) is 0. The Kier molecular flexibility index (Phi) is 3.24. The zero-order valence-electron chi connectivity index (χ0n) is 11.6. The van der Waals surface area contributed by atoms with Crippen molar-refractivity contribution in [3.63, 3.8) is 0 Å². The molecule has 0 saturated carbocycles. The molecule has 110 valence electrons. The third kappa shape index (κ3) is 2.32. The van der Waals surface area contributed by atoms with E-state index in [-0.39, 0.29) is 11.7 Å². The molecule has 2 aromatic heterocycles. The van der Waals surface area contributed by atoms with Crippen LogP contribution in [0.15, 0.2) is 39.8 Å². The molecule has 3 heterocycles. The molecule has 5 nitrogen and oxygen atoms in total. The molecule has 0 saturated heterocycles. The minimum absolute atomic E-state index is 0.195. The number of amides is 1. The van der Waals surface area contributed by atoms with Gasteiger partial charge in [0.15, 0.2) is 5.13 Å². The largest absolute Gasteiger partial charge is 0.351 e. The van der Waals surface area contributed by atoms with E-state index in [1.165, 1.54) is 21.1 Å². The van der Waals surface area contributed by atoms with E-state index in [0.29, 0.717) is 10.8 Å². The number of fused-ring (bicyclic) bond motifs is 3.